The van der Waals surface area contributed by atoms with Gasteiger partial charge in [0.05, 0.1) is 16.1 Å². The molecule has 1 N–H and O–H groups in total. The van der Waals surface area contributed by atoms with Crippen molar-refractivity contribution in [3.05, 3.63) is 63.1 Å². The lowest BCUT2D eigenvalue weighted by atomic mass is 10.1. The largest absolute Gasteiger partial charge is 0.378 e. The summed E-state index contributed by atoms with van der Waals surface area (Å²) in [6.45, 7) is 2.51. The molecule has 0 aliphatic rings. The summed E-state index contributed by atoms with van der Waals surface area (Å²) in [6, 6.07) is 13.3. The molecule has 3 rings (SSSR count). The molecule has 0 radical (unpaired) electrons. The molecule has 2 aromatic heterocycles. The number of nitrogens with one attached hydrogen (secondary N) is 1. The average molecular weight is 299 g/mol. The van der Waals surface area contributed by atoms with Crippen molar-refractivity contribution in [1.29, 1.82) is 0 Å². The first-order chi connectivity index (χ1) is 10.1. The van der Waals surface area contributed by atoms with Crippen molar-refractivity contribution >= 4 is 32.9 Å². The van der Waals surface area contributed by atoms with E-state index in [-0.39, 0.29) is 9.92 Å². The molecule has 0 unspecified atom stereocenters. The molecule has 106 valence electrons. The summed E-state index contributed by atoms with van der Waals surface area (Å²) in [5.41, 5.74) is 2.82. The Kier molecular flexibility index (Phi) is 3.53. The van der Waals surface area contributed by atoms with E-state index in [0.717, 1.165) is 27.2 Å². The van der Waals surface area contributed by atoms with Gasteiger partial charge in [0.2, 0.25) is 0 Å². The number of rotatable bonds is 4. The van der Waals surface area contributed by atoms with Gasteiger partial charge in [-0.25, -0.2) is 0 Å². The molecule has 6 heteroatoms. The zero-order valence-electron chi connectivity index (χ0n) is 11.4. The zero-order chi connectivity index (χ0) is 14.8. The van der Waals surface area contributed by atoms with Crippen molar-refractivity contribution in [2.75, 3.05) is 5.32 Å². The van der Waals surface area contributed by atoms with Crippen LogP contribution in [0.5, 0.6) is 0 Å². The molecule has 0 aliphatic carbocycles. The molecule has 2 heterocycles. The topological polar surface area (TPSA) is 68.1 Å². The molecule has 0 saturated heterocycles. The highest BCUT2D eigenvalue weighted by Crippen LogP contribution is 2.26. The summed E-state index contributed by atoms with van der Waals surface area (Å²) in [7, 11) is 0. The van der Waals surface area contributed by atoms with Crippen LogP contribution in [-0.2, 0) is 6.54 Å². The van der Waals surface area contributed by atoms with Crippen molar-refractivity contribution < 1.29 is 4.92 Å². The molecule has 0 atom stereocenters. The molecule has 0 aliphatic heterocycles. The fourth-order valence-corrected chi connectivity index (χ4v) is 2.89. The van der Waals surface area contributed by atoms with E-state index in [1.165, 1.54) is 17.4 Å². The van der Waals surface area contributed by atoms with E-state index in [9.17, 15) is 10.1 Å². The Morgan fingerprint density at radius 1 is 1.24 bits per heavy atom. The van der Waals surface area contributed by atoms with Gasteiger partial charge in [-0.3, -0.25) is 15.1 Å². The third-order valence-corrected chi connectivity index (χ3v) is 4.18. The summed E-state index contributed by atoms with van der Waals surface area (Å²) >= 11 is 1.19. The molecular weight excluding hydrogens is 286 g/mol. The lowest BCUT2D eigenvalue weighted by Gasteiger charge is -2.08. The van der Waals surface area contributed by atoms with Gasteiger partial charge >= 0.3 is 5.00 Å². The first-order valence-corrected chi connectivity index (χ1v) is 7.28. The van der Waals surface area contributed by atoms with Crippen LogP contribution < -0.4 is 5.32 Å². The van der Waals surface area contributed by atoms with Crippen molar-refractivity contribution in [3.63, 3.8) is 0 Å². The molecule has 0 saturated carbocycles. The van der Waals surface area contributed by atoms with Gasteiger partial charge in [0.15, 0.2) is 0 Å². The number of anilines is 1. The van der Waals surface area contributed by atoms with Crippen LogP contribution in [0.2, 0.25) is 0 Å². The van der Waals surface area contributed by atoms with Gasteiger partial charge in [-0.15, -0.1) is 0 Å². The highest BCUT2D eigenvalue weighted by Gasteiger charge is 2.10. The second kappa shape index (κ2) is 5.49. The predicted molar refractivity (Wildman–Crippen MR) is 84.8 cm³/mol. The van der Waals surface area contributed by atoms with Crippen LogP contribution in [0.3, 0.4) is 0 Å². The number of nitro groups is 1. The van der Waals surface area contributed by atoms with Gasteiger partial charge in [-0.2, -0.15) is 0 Å². The number of thiophene rings is 1. The predicted octanol–water partition coefficient (Wildman–Crippen LogP) is 4.13. The molecule has 0 amide bonds. The molecule has 0 bridgehead atoms. The van der Waals surface area contributed by atoms with E-state index >= 15 is 0 Å². The van der Waals surface area contributed by atoms with Gasteiger partial charge in [0, 0.05) is 28.6 Å². The minimum absolute atomic E-state index is 0.165. The van der Waals surface area contributed by atoms with Gasteiger partial charge in [-0.05, 0) is 25.1 Å². The molecule has 5 nitrogen and oxygen atoms in total. The number of hydrogen-bond acceptors (Lipinski definition) is 5. The minimum Gasteiger partial charge on any atom is -0.378 e. The fraction of sp³-hybridized carbons (Fsp3) is 0.133. The van der Waals surface area contributed by atoms with Crippen molar-refractivity contribution in [3.8, 4) is 0 Å². The van der Waals surface area contributed by atoms with Gasteiger partial charge in [-0.1, -0.05) is 29.5 Å². The molecule has 21 heavy (non-hydrogen) atoms. The van der Waals surface area contributed by atoms with Crippen LogP contribution in [0.1, 0.15) is 10.6 Å². The van der Waals surface area contributed by atoms with Gasteiger partial charge in [0.25, 0.3) is 0 Å². The van der Waals surface area contributed by atoms with E-state index in [2.05, 4.69) is 10.3 Å². The Morgan fingerprint density at radius 3 is 2.86 bits per heavy atom. The fourth-order valence-electron chi connectivity index (χ4n) is 2.13. The first kappa shape index (κ1) is 13.5. The van der Waals surface area contributed by atoms with Crippen LogP contribution in [-0.4, -0.2) is 9.91 Å². The summed E-state index contributed by atoms with van der Waals surface area (Å²) in [6.07, 6.45) is 0. The lowest BCUT2D eigenvalue weighted by molar-refractivity contribution is -0.380. The number of aromatic nitrogens is 1. The summed E-state index contributed by atoms with van der Waals surface area (Å²) in [4.78, 5) is 15.8. The molecular formula is C15H13N3O2S. The van der Waals surface area contributed by atoms with E-state index in [4.69, 9.17) is 0 Å². The Labute approximate surface area is 125 Å². The van der Waals surface area contributed by atoms with E-state index < -0.39 is 0 Å². The standard InChI is InChI=1S/C15H13N3O2S/c1-10-5-6-11-3-2-4-13(15(11)17-10)16-9-12-7-8-14(21-12)18(19)20/h2-8,16H,9H2,1H3. The molecule has 0 spiro atoms. The van der Waals surface area contributed by atoms with Crippen LogP contribution >= 0.6 is 11.3 Å². The Morgan fingerprint density at radius 2 is 2.10 bits per heavy atom. The van der Waals surface area contributed by atoms with E-state index in [1.54, 1.807) is 6.07 Å². The normalized spacial score (nSPS) is 10.7. The first-order valence-electron chi connectivity index (χ1n) is 6.47. The maximum atomic E-state index is 10.7. The average Bonchev–Trinajstić information content (AvgIpc) is 2.94. The Balaban J connectivity index is 1.84. The van der Waals surface area contributed by atoms with Gasteiger partial charge in [0.1, 0.15) is 0 Å². The highest BCUT2D eigenvalue weighted by atomic mass is 32.1. The van der Waals surface area contributed by atoms with Crippen LogP contribution in [0, 0.1) is 17.0 Å². The van der Waals surface area contributed by atoms with Crippen molar-refractivity contribution in [2.24, 2.45) is 0 Å². The monoisotopic (exact) mass is 299 g/mol. The van der Waals surface area contributed by atoms with Gasteiger partial charge < -0.3 is 5.32 Å². The molecule has 1 aromatic carbocycles. The SMILES string of the molecule is Cc1ccc2cccc(NCc3ccc([N+](=O)[O-])s3)c2n1. The van der Waals surface area contributed by atoms with E-state index in [0.29, 0.717) is 6.54 Å². The van der Waals surface area contributed by atoms with Crippen molar-refractivity contribution in [2.45, 2.75) is 13.5 Å². The number of nitrogens with zero attached hydrogens (tertiary/aromatic N) is 2. The molecule has 0 fully saturated rings. The van der Waals surface area contributed by atoms with Crippen molar-refractivity contribution in [1.82, 2.24) is 4.98 Å². The highest BCUT2D eigenvalue weighted by molar-refractivity contribution is 7.15. The minimum atomic E-state index is -0.364. The van der Waals surface area contributed by atoms with E-state index in [1.807, 2.05) is 37.3 Å². The summed E-state index contributed by atoms with van der Waals surface area (Å²) in [5, 5.41) is 15.2. The second-order valence-corrected chi connectivity index (χ2v) is 5.83. The quantitative estimate of drug-likeness (QED) is 0.581. The lowest BCUT2D eigenvalue weighted by Crippen LogP contribution is -1.99. The third-order valence-electron chi connectivity index (χ3n) is 3.14. The Hall–Kier alpha value is -2.47. The van der Waals surface area contributed by atoms with Crippen LogP contribution in [0.25, 0.3) is 10.9 Å². The summed E-state index contributed by atoms with van der Waals surface area (Å²) in [5.74, 6) is 0. The summed E-state index contributed by atoms with van der Waals surface area (Å²) < 4.78 is 0. The third kappa shape index (κ3) is 2.85. The number of hydrogen-bond donors (Lipinski definition) is 1. The maximum Gasteiger partial charge on any atom is 0.324 e. The van der Waals surface area contributed by atoms with Crippen LogP contribution in [0.15, 0.2) is 42.5 Å². The number of aryl methyl sites for hydroxylation is 1. The maximum absolute atomic E-state index is 10.7. The second-order valence-electron chi connectivity index (χ2n) is 4.68. The molecule has 3 aromatic rings. The smallest absolute Gasteiger partial charge is 0.324 e. The zero-order valence-corrected chi connectivity index (χ0v) is 12.2. The van der Waals surface area contributed by atoms with Crippen LogP contribution in [0.4, 0.5) is 10.7 Å². The number of benzene rings is 1. The number of para-hydroxylation sites is 1. The number of fused-ring (bicyclic) bond motifs is 1. The Bertz CT molecular complexity index is 814. The number of pyridine rings is 1.